The summed E-state index contributed by atoms with van der Waals surface area (Å²) in [5, 5.41) is 0. The molecule has 6 heteroatoms. The molecule has 2 unspecified atom stereocenters. The first-order valence-electron chi connectivity index (χ1n) is 12.6. The van der Waals surface area contributed by atoms with Gasteiger partial charge in [-0.05, 0) is 64.7 Å². The number of rotatable bonds is 4. The summed E-state index contributed by atoms with van der Waals surface area (Å²) in [5.41, 5.74) is 5.39. The highest BCUT2D eigenvalue weighted by Crippen LogP contribution is 2.61. The number of nitrogens with zero attached hydrogens (tertiary/aromatic N) is 1. The number of hydrogen-bond acceptors (Lipinski definition) is 5. The zero-order valence-corrected chi connectivity index (χ0v) is 20.5. The minimum absolute atomic E-state index is 0.151. The van der Waals surface area contributed by atoms with E-state index in [1.165, 1.54) is 12.0 Å². The lowest BCUT2D eigenvalue weighted by atomic mass is 9.55. The van der Waals surface area contributed by atoms with Gasteiger partial charge in [0.2, 0.25) is 11.8 Å². The molecule has 8 rings (SSSR count). The van der Waals surface area contributed by atoms with Crippen LogP contribution in [0.4, 0.5) is 5.69 Å². The normalized spacial score (nSPS) is 22.5. The summed E-state index contributed by atoms with van der Waals surface area (Å²) in [6, 6.07) is 29.6. The number of esters is 1. The fourth-order valence-electron chi connectivity index (χ4n) is 6.51. The van der Waals surface area contributed by atoms with Crippen LogP contribution in [0.15, 0.2) is 97.1 Å². The maximum atomic E-state index is 13.9. The van der Waals surface area contributed by atoms with Gasteiger partial charge >= 0.3 is 5.97 Å². The van der Waals surface area contributed by atoms with Crippen LogP contribution >= 0.6 is 0 Å². The molecule has 0 N–H and O–H groups in total. The Morgan fingerprint density at radius 2 is 1.18 bits per heavy atom. The van der Waals surface area contributed by atoms with Crippen LogP contribution in [0.2, 0.25) is 0 Å². The minimum atomic E-state index is -0.525. The van der Waals surface area contributed by atoms with Crippen LogP contribution in [0.5, 0.6) is 11.5 Å². The van der Waals surface area contributed by atoms with Crippen molar-refractivity contribution >= 4 is 23.5 Å². The van der Waals surface area contributed by atoms with Gasteiger partial charge in [0.15, 0.2) is 0 Å². The zero-order valence-electron chi connectivity index (χ0n) is 20.5. The number of carbonyl (C=O) groups is 3. The van der Waals surface area contributed by atoms with Gasteiger partial charge in [0.25, 0.3) is 0 Å². The smallest absolute Gasteiger partial charge is 0.343 e. The lowest BCUT2D eigenvalue weighted by Gasteiger charge is -2.45. The van der Waals surface area contributed by atoms with Crippen molar-refractivity contribution in [3.05, 3.63) is 125 Å². The predicted molar refractivity (Wildman–Crippen MR) is 140 cm³/mol. The van der Waals surface area contributed by atoms with E-state index in [-0.39, 0.29) is 23.7 Å². The number of ether oxygens (including phenoxy) is 2. The molecular formula is C32H23NO5. The summed E-state index contributed by atoms with van der Waals surface area (Å²) in [6.45, 7) is 0. The maximum Gasteiger partial charge on any atom is 0.343 e. The average molecular weight is 502 g/mol. The van der Waals surface area contributed by atoms with Gasteiger partial charge in [0.05, 0.1) is 30.2 Å². The Morgan fingerprint density at radius 1 is 0.658 bits per heavy atom. The second kappa shape index (κ2) is 8.42. The van der Waals surface area contributed by atoms with Gasteiger partial charge in [0, 0.05) is 11.8 Å². The van der Waals surface area contributed by atoms with Crippen LogP contribution in [0.25, 0.3) is 0 Å². The molecule has 0 radical (unpaired) electrons. The first kappa shape index (κ1) is 22.5. The third kappa shape index (κ3) is 3.16. The summed E-state index contributed by atoms with van der Waals surface area (Å²) >= 11 is 0. The Balaban J connectivity index is 1.19. The first-order chi connectivity index (χ1) is 18.6. The molecule has 2 atom stereocenters. The van der Waals surface area contributed by atoms with Gasteiger partial charge < -0.3 is 9.47 Å². The Morgan fingerprint density at radius 3 is 1.68 bits per heavy atom. The molecule has 0 saturated carbocycles. The van der Waals surface area contributed by atoms with Crippen LogP contribution in [-0.4, -0.2) is 24.9 Å². The van der Waals surface area contributed by atoms with Crippen molar-refractivity contribution in [2.45, 2.75) is 11.8 Å². The second-order valence-electron chi connectivity index (χ2n) is 9.89. The van der Waals surface area contributed by atoms with Crippen LogP contribution < -0.4 is 14.4 Å². The van der Waals surface area contributed by atoms with E-state index < -0.39 is 17.8 Å². The van der Waals surface area contributed by atoms with Crippen molar-refractivity contribution in [1.82, 2.24) is 0 Å². The molecule has 6 nitrogen and oxygen atoms in total. The standard InChI is InChI=1S/C32H23NO5/c1-37-21-8-6-7-18(17-21)32(36)38-20-15-13-19(14-16-20)33-30(34)28-26-22-9-2-3-10-23(22)27(29(28)31(33)35)25-12-5-4-11-24(25)26/h2-17,26-29H,1H3. The second-order valence-corrected chi connectivity index (χ2v) is 9.89. The van der Waals surface area contributed by atoms with E-state index in [0.717, 1.165) is 22.3 Å². The quantitative estimate of drug-likeness (QED) is 0.215. The highest BCUT2D eigenvalue weighted by atomic mass is 16.5. The third-order valence-electron chi connectivity index (χ3n) is 8.06. The molecule has 38 heavy (non-hydrogen) atoms. The van der Waals surface area contributed by atoms with Gasteiger partial charge in [-0.2, -0.15) is 0 Å². The Hall–Kier alpha value is -4.71. The van der Waals surface area contributed by atoms with Gasteiger partial charge in [-0.3, -0.25) is 9.59 Å². The highest BCUT2D eigenvalue weighted by molar-refractivity contribution is 6.23. The van der Waals surface area contributed by atoms with Crippen molar-refractivity contribution in [2.75, 3.05) is 12.0 Å². The Kier molecular flexibility index (Phi) is 4.98. The van der Waals surface area contributed by atoms with Crippen molar-refractivity contribution in [2.24, 2.45) is 11.8 Å². The number of imide groups is 1. The number of carbonyl (C=O) groups excluding carboxylic acids is 3. The minimum Gasteiger partial charge on any atom is -0.497 e. The number of methoxy groups -OCH3 is 1. The molecule has 0 aromatic heterocycles. The van der Waals surface area contributed by atoms with E-state index in [1.807, 2.05) is 24.3 Å². The fourth-order valence-corrected chi connectivity index (χ4v) is 6.51. The van der Waals surface area contributed by atoms with E-state index in [9.17, 15) is 14.4 Å². The van der Waals surface area contributed by atoms with Crippen LogP contribution in [0, 0.1) is 11.8 Å². The van der Waals surface area contributed by atoms with Gasteiger partial charge in [-0.25, -0.2) is 9.69 Å². The molecule has 2 bridgehead atoms. The fraction of sp³-hybridized carbons (Fsp3) is 0.156. The van der Waals surface area contributed by atoms with Crippen LogP contribution in [-0.2, 0) is 9.59 Å². The SMILES string of the molecule is COc1cccc(C(=O)Oc2ccc(N3C(=O)C4C5c6ccccc6C(c6ccccc65)C4C3=O)cc2)c1. The Bertz CT molecular complexity index is 1510. The molecule has 186 valence electrons. The third-order valence-corrected chi connectivity index (χ3v) is 8.06. The summed E-state index contributed by atoms with van der Waals surface area (Å²) < 4.78 is 10.7. The monoisotopic (exact) mass is 501 g/mol. The molecule has 0 spiro atoms. The lowest BCUT2D eigenvalue weighted by molar-refractivity contribution is -0.122. The molecule has 1 fully saturated rings. The van der Waals surface area contributed by atoms with Gasteiger partial charge in [0.1, 0.15) is 11.5 Å². The van der Waals surface area contributed by atoms with Crippen LogP contribution in [0.1, 0.15) is 44.4 Å². The lowest BCUT2D eigenvalue weighted by Crippen LogP contribution is -2.41. The molecule has 3 aliphatic carbocycles. The van der Waals surface area contributed by atoms with E-state index in [1.54, 1.807) is 48.5 Å². The average Bonchev–Trinajstić information content (AvgIpc) is 3.23. The molecule has 1 heterocycles. The molecule has 4 aromatic rings. The van der Waals surface area contributed by atoms with E-state index >= 15 is 0 Å². The van der Waals surface area contributed by atoms with Gasteiger partial charge in [-0.15, -0.1) is 0 Å². The molecule has 2 amide bonds. The molecule has 1 saturated heterocycles. The summed E-state index contributed by atoms with van der Waals surface area (Å²) in [5.74, 6) is -1.20. The topological polar surface area (TPSA) is 72.9 Å². The number of anilines is 1. The van der Waals surface area contributed by atoms with E-state index in [4.69, 9.17) is 9.47 Å². The number of hydrogen-bond donors (Lipinski definition) is 0. The molecule has 4 aromatic carbocycles. The Labute approximate surface area is 219 Å². The summed E-state index contributed by atoms with van der Waals surface area (Å²) in [6.07, 6.45) is 0. The van der Waals surface area contributed by atoms with Crippen molar-refractivity contribution in [1.29, 1.82) is 0 Å². The number of benzene rings is 4. The number of amides is 2. The molecular weight excluding hydrogens is 478 g/mol. The largest absolute Gasteiger partial charge is 0.497 e. The maximum absolute atomic E-state index is 13.9. The molecule has 1 aliphatic heterocycles. The van der Waals surface area contributed by atoms with Crippen molar-refractivity contribution in [3.63, 3.8) is 0 Å². The van der Waals surface area contributed by atoms with Crippen molar-refractivity contribution in [3.8, 4) is 11.5 Å². The summed E-state index contributed by atoms with van der Waals surface area (Å²) in [4.78, 5) is 41.7. The predicted octanol–water partition coefficient (Wildman–Crippen LogP) is 5.31. The highest BCUT2D eigenvalue weighted by Gasteiger charge is 2.61. The first-order valence-corrected chi connectivity index (χ1v) is 12.6. The van der Waals surface area contributed by atoms with Gasteiger partial charge in [-0.1, -0.05) is 54.6 Å². The zero-order chi connectivity index (χ0) is 26.0. The van der Waals surface area contributed by atoms with Crippen molar-refractivity contribution < 1.29 is 23.9 Å². The van der Waals surface area contributed by atoms with E-state index in [2.05, 4.69) is 24.3 Å². The summed E-state index contributed by atoms with van der Waals surface area (Å²) in [7, 11) is 1.53. The van der Waals surface area contributed by atoms with E-state index in [0.29, 0.717) is 22.7 Å². The molecule has 4 aliphatic rings. The van der Waals surface area contributed by atoms with Crippen LogP contribution in [0.3, 0.4) is 0 Å².